The molecule has 1 aromatic carbocycles. The number of hydrogen-bond donors (Lipinski definition) is 3. The van der Waals surface area contributed by atoms with Gasteiger partial charge in [-0.25, -0.2) is 13.6 Å². The van der Waals surface area contributed by atoms with Crippen molar-refractivity contribution in [2.45, 2.75) is 49.1 Å². The lowest BCUT2D eigenvalue weighted by Crippen LogP contribution is -2.39. The number of primary sulfonamides is 1. The average Bonchev–Trinajstić information content (AvgIpc) is 2.91. The summed E-state index contributed by atoms with van der Waals surface area (Å²) >= 11 is 0. The SMILES string of the molecule is Cl.NS(=O)(=O)c1ccc(NC(=O)C2CC3CCCCC3N2)cc1. The smallest absolute Gasteiger partial charge is 0.241 e. The first kappa shape index (κ1) is 18.2. The van der Waals surface area contributed by atoms with Crippen LogP contribution in [0.3, 0.4) is 0 Å². The summed E-state index contributed by atoms with van der Waals surface area (Å²) in [4.78, 5) is 12.4. The number of sulfonamides is 1. The van der Waals surface area contributed by atoms with Crippen molar-refractivity contribution in [1.82, 2.24) is 5.32 Å². The number of carbonyl (C=O) groups is 1. The molecule has 1 heterocycles. The lowest BCUT2D eigenvalue weighted by Gasteiger charge is -2.24. The number of rotatable bonds is 3. The molecule has 3 unspecified atom stereocenters. The summed E-state index contributed by atoms with van der Waals surface area (Å²) in [7, 11) is -3.70. The number of anilines is 1. The standard InChI is InChI=1S/C15H21N3O3S.ClH/c16-22(20,21)12-7-5-11(6-8-12)17-15(19)14-9-10-3-1-2-4-13(10)18-14;/h5-8,10,13-14,18H,1-4,9H2,(H,17,19)(H2,16,20,21);1H. The maximum absolute atomic E-state index is 12.3. The van der Waals surface area contributed by atoms with E-state index in [0.29, 0.717) is 17.6 Å². The molecule has 1 amide bonds. The Kier molecular flexibility index (Phi) is 5.67. The monoisotopic (exact) mass is 359 g/mol. The number of amides is 1. The van der Waals surface area contributed by atoms with Crippen LogP contribution in [0, 0.1) is 5.92 Å². The number of nitrogens with one attached hydrogen (secondary N) is 2. The van der Waals surface area contributed by atoms with E-state index in [2.05, 4.69) is 10.6 Å². The molecular weight excluding hydrogens is 338 g/mol. The Labute approximate surface area is 142 Å². The Morgan fingerprint density at radius 1 is 1.17 bits per heavy atom. The molecule has 4 N–H and O–H groups in total. The van der Waals surface area contributed by atoms with Gasteiger partial charge in [0.15, 0.2) is 0 Å². The highest BCUT2D eigenvalue weighted by atomic mass is 35.5. The second-order valence-corrected chi connectivity index (χ2v) is 7.73. The molecule has 0 spiro atoms. The van der Waals surface area contributed by atoms with Crippen LogP contribution in [0.5, 0.6) is 0 Å². The molecule has 1 aromatic rings. The third-order valence-electron chi connectivity index (χ3n) is 4.63. The van der Waals surface area contributed by atoms with E-state index < -0.39 is 10.0 Å². The van der Waals surface area contributed by atoms with Gasteiger partial charge in [-0.1, -0.05) is 12.8 Å². The second-order valence-electron chi connectivity index (χ2n) is 6.16. The molecule has 1 aliphatic heterocycles. The van der Waals surface area contributed by atoms with Crippen LogP contribution >= 0.6 is 12.4 Å². The lowest BCUT2D eigenvalue weighted by molar-refractivity contribution is -0.117. The van der Waals surface area contributed by atoms with E-state index in [-0.39, 0.29) is 29.3 Å². The molecule has 0 aromatic heterocycles. The number of benzene rings is 1. The third-order valence-corrected chi connectivity index (χ3v) is 5.56. The topological polar surface area (TPSA) is 101 Å². The Balaban J connectivity index is 0.00000192. The molecule has 128 valence electrons. The van der Waals surface area contributed by atoms with Crippen LogP contribution in [-0.2, 0) is 14.8 Å². The van der Waals surface area contributed by atoms with Gasteiger partial charge in [-0.3, -0.25) is 4.79 Å². The average molecular weight is 360 g/mol. The Hall–Kier alpha value is -1.15. The molecule has 0 radical (unpaired) electrons. The summed E-state index contributed by atoms with van der Waals surface area (Å²) in [6.45, 7) is 0. The summed E-state index contributed by atoms with van der Waals surface area (Å²) in [5.74, 6) is 0.548. The van der Waals surface area contributed by atoms with Gasteiger partial charge in [-0.15, -0.1) is 12.4 Å². The molecule has 3 atom stereocenters. The molecular formula is C15H22ClN3O3S. The van der Waals surface area contributed by atoms with Gasteiger partial charge in [0, 0.05) is 11.7 Å². The number of halogens is 1. The quantitative estimate of drug-likeness (QED) is 0.763. The number of nitrogens with two attached hydrogens (primary N) is 1. The minimum absolute atomic E-state index is 0. The molecule has 6 nitrogen and oxygen atoms in total. The Morgan fingerprint density at radius 3 is 2.43 bits per heavy atom. The highest BCUT2D eigenvalue weighted by Gasteiger charge is 2.38. The zero-order valence-electron chi connectivity index (χ0n) is 12.7. The highest BCUT2D eigenvalue weighted by molar-refractivity contribution is 7.89. The van der Waals surface area contributed by atoms with Crippen LogP contribution in [0.2, 0.25) is 0 Å². The minimum Gasteiger partial charge on any atom is -0.325 e. The Morgan fingerprint density at radius 2 is 1.83 bits per heavy atom. The van der Waals surface area contributed by atoms with E-state index in [1.807, 2.05) is 0 Å². The fourth-order valence-electron chi connectivity index (χ4n) is 3.48. The first-order valence-electron chi connectivity index (χ1n) is 7.63. The normalized spacial score (nSPS) is 26.9. The van der Waals surface area contributed by atoms with Crippen molar-refractivity contribution in [3.05, 3.63) is 24.3 Å². The zero-order chi connectivity index (χ0) is 15.7. The van der Waals surface area contributed by atoms with Gasteiger partial charge >= 0.3 is 0 Å². The van der Waals surface area contributed by atoms with Crippen molar-refractivity contribution in [2.75, 3.05) is 5.32 Å². The molecule has 1 aliphatic carbocycles. The van der Waals surface area contributed by atoms with Gasteiger partial charge in [0.2, 0.25) is 15.9 Å². The van der Waals surface area contributed by atoms with Gasteiger partial charge in [0.25, 0.3) is 0 Å². The summed E-state index contributed by atoms with van der Waals surface area (Å²) < 4.78 is 22.4. The number of carbonyl (C=O) groups excluding carboxylic acids is 1. The molecule has 3 rings (SSSR count). The maximum Gasteiger partial charge on any atom is 0.241 e. The van der Waals surface area contributed by atoms with Gasteiger partial charge in [-0.2, -0.15) is 0 Å². The fraction of sp³-hybridized carbons (Fsp3) is 0.533. The number of hydrogen-bond acceptors (Lipinski definition) is 4. The van der Waals surface area contributed by atoms with Crippen LogP contribution in [0.25, 0.3) is 0 Å². The Bertz CT molecular complexity index is 649. The van der Waals surface area contributed by atoms with Crippen molar-refractivity contribution in [1.29, 1.82) is 0 Å². The largest absolute Gasteiger partial charge is 0.325 e. The van der Waals surface area contributed by atoms with E-state index in [4.69, 9.17) is 5.14 Å². The predicted octanol–water partition coefficient (Wildman–Crippen LogP) is 1.61. The van der Waals surface area contributed by atoms with E-state index in [1.165, 1.54) is 31.4 Å². The first-order chi connectivity index (χ1) is 10.4. The summed E-state index contributed by atoms with van der Waals surface area (Å²) in [6.07, 6.45) is 5.72. The molecule has 1 saturated heterocycles. The van der Waals surface area contributed by atoms with Gasteiger partial charge in [-0.05, 0) is 49.4 Å². The lowest BCUT2D eigenvalue weighted by atomic mass is 9.85. The maximum atomic E-state index is 12.3. The van der Waals surface area contributed by atoms with Crippen molar-refractivity contribution < 1.29 is 13.2 Å². The van der Waals surface area contributed by atoms with Gasteiger partial charge < -0.3 is 10.6 Å². The molecule has 1 saturated carbocycles. The molecule has 0 bridgehead atoms. The first-order valence-corrected chi connectivity index (χ1v) is 9.18. The molecule has 8 heteroatoms. The highest BCUT2D eigenvalue weighted by Crippen LogP contribution is 2.33. The second kappa shape index (κ2) is 7.17. The van der Waals surface area contributed by atoms with Crippen molar-refractivity contribution in [3.8, 4) is 0 Å². The number of fused-ring (bicyclic) bond motifs is 1. The predicted molar refractivity (Wildman–Crippen MR) is 91.0 cm³/mol. The zero-order valence-corrected chi connectivity index (χ0v) is 14.3. The van der Waals surface area contributed by atoms with E-state index in [1.54, 1.807) is 12.1 Å². The van der Waals surface area contributed by atoms with Crippen LogP contribution in [-0.4, -0.2) is 26.4 Å². The molecule has 2 aliphatic rings. The minimum atomic E-state index is -3.70. The van der Waals surface area contributed by atoms with E-state index in [0.717, 1.165) is 12.8 Å². The summed E-state index contributed by atoms with van der Waals surface area (Å²) in [5.41, 5.74) is 0.578. The van der Waals surface area contributed by atoms with Crippen molar-refractivity contribution in [3.63, 3.8) is 0 Å². The van der Waals surface area contributed by atoms with E-state index in [9.17, 15) is 13.2 Å². The van der Waals surface area contributed by atoms with Crippen LogP contribution in [0.4, 0.5) is 5.69 Å². The summed E-state index contributed by atoms with van der Waals surface area (Å²) in [5, 5.41) is 11.3. The third kappa shape index (κ3) is 4.23. The van der Waals surface area contributed by atoms with Crippen molar-refractivity contribution in [2.24, 2.45) is 11.1 Å². The van der Waals surface area contributed by atoms with Crippen LogP contribution < -0.4 is 15.8 Å². The van der Waals surface area contributed by atoms with Crippen molar-refractivity contribution >= 4 is 34.0 Å². The van der Waals surface area contributed by atoms with Gasteiger partial charge in [0.1, 0.15) is 0 Å². The summed E-state index contributed by atoms with van der Waals surface area (Å²) in [6, 6.07) is 6.21. The fourth-order valence-corrected chi connectivity index (χ4v) is 3.99. The van der Waals surface area contributed by atoms with Crippen LogP contribution in [0.1, 0.15) is 32.1 Å². The van der Waals surface area contributed by atoms with Crippen LogP contribution in [0.15, 0.2) is 29.2 Å². The molecule has 23 heavy (non-hydrogen) atoms. The van der Waals surface area contributed by atoms with E-state index >= 15 is 0 Å². The van der Waals surface area contributed by atoms with Gasteiger partial charge in [0.05, 0.1) is 10.9 Å². The molecule has 2 fully saturated rings.